The van der Waals surface area contributed by atoms with Crippen LogP contribution in [0.4, 0.5) is 0 Å². The molecule has 5 heteroatoms. The van der Waals surface area contributed by atoms with Gasteiger partial charge in [0.05, 0.1) is 6.61 Å². The molecule has 0 aliphatic rings. The molecule has 0 heterocycles. The van der Waals surface area contributed by atoms with Gasteiger partial charge in [0.1, 0.15) is 12.4 Å². The zero-order valence-corrected chi connectivity index (χ0v) is 16.2. The Bertz CT molecular complexity index is 744. The summed E-state index contributed by atoms with van der Waals surface area (Å²) in [6, 6.07) is 16.2. The minimum Gasteiger partial charge on any atom is -0.489 e. The molecule has 0 amide bonds. The Morgan fingerprint density at radius 3 is 2.30 bits per heavy atom. The smallest absolute Gasteiger partial charge is 0.191 e. The molecule has 0 radical (unpaired) electrons. The van der Waals surface area contributed by atoms with Gasteiger partial charge in [-0.1, -0.05) is 55.1 Å². The number of rotatable bonds is 10. The molecule has 2 N–H and O–H groups in total. The van der Waals surface area contributed by atoms with Crippen LogP contribution >= 0.6 is 0 Å². The monoisotopic (exact) mass is 367 g/mol. The Morgan fingerprint density at radius 1 is 1.00 bits per heavy atom. The number of hydrogen-bond acceptors (Lipinski definition) is 3. The Balaban J connectivity index is 1.93. The van der Waals surface area contributed by atoms with Gasteiger partial charge in [-0.15, -0.1) is 0 Å². The molecular formula is C22H29N3O2. The van der Waals surface area contributed by atoms with Gasteiger partial charge in [0.25, 0.3) is 0 Å². The number of para-hydroxylation sites is 1. The summed E-state index contributed by atoms with van der Waals surface area (Å²) in [6.45, 7) is 8.81. The van der Waals surface area contributed by atoms with Gasteiger partial charge in [-0.3, -0.25) is 4.99 Å². The van der Waals surface area contributed by atoms with Gasteiger partial charge in [0, 0.05) is 32.3 Å². The molecule has 0 unspecified atom stereocenters. The molecule has 5 nitrogen and oxygen atoms in total. The first kappa shape index (κ1) is 20.5. The Labute approximate surface area is 162 Å². The van der Waals surface area contributed by atoms with Crippen LogP contribution in [0.5, 0.6) is 5.75 Å². The first-order valence-electron chi connectivity index (χ1n) is 9.19. The minimum absolute atomic E-state index is 0.487. The lowest BCUT2D eigenvalue weighted by molar-refractivity contribution is 0.133. The minimum atomic E-state index is 0.487. The Morgan fingerprint density at radius 2 is 1.63 bits per heavy atom. The van der Waals surface area contributed by atoms with Crippen LogP contribution in [0.3, 0.4) is 0 Å². The van der Waals surface area contributed by atoms with E-state index in [1.54, 1.807) is 13.1 Å². The van der Waals surface area contributed by atoms with E-state index in [9.17, 15) is 0 Å². The van der Waals surface area contributed by atoms with Crippen LogP contribution in [-0.2, 0) is 24.4 Å². The summed E-state index contributed by atoms with van der Waals surface area (Å²) in [5, 5.41) is 6.70. The van der Waals surface area contributed by atoms with Crippen LogP contribution < -0.4 is 15.4 Å². The van der Waals surface area contributed by atoms with Crippen molar-refractivity contribution in [1.29, 1.82) is 0 Å². The third kappa shape index (κ3) is 6.79. The van der Waals surface area contributed by atoms with Gasteiger partial charge in [0.2, 0.25) is 0 Å². The Hall–Kier alpha value is -2.79. The fraction of sp³-hybridized carbons (Fsp3) is 0.318. The summed E-state index contributed by atoms with van der Waals surface area (Å²) in [4.78, 5) is 4.31. The number of guanidine groups is 1. The van der Waals surface area contributed by atoms with Crippen LogP contribution in [0.25, 0.3) is 0 Å². The number of hydrogen-bond donors (Lipinski definition) is 2. The number of ether oxygens (including phenoxy) is 2. The van der Waals surface area contributed by atoms with Crippen molar-refractivity contribution in [3.05, 3.63) is 77.9 Å². The maximum Gasteiger partial charge on any atom is 0.191 e. The van der Waals surface area contributed by atoms with E-state index in [0.717, 1.165) is 17.3 Å². The third-order valence-corrected chi connectivity index (χ3v) is 4.03. The molecule has 144 valence electrons. The third-order valence-electron chi connectivity index (χ3n) is 4.03. The highest BCUT2D eigenvalue weighted by Gasteiger charge is 2.06. The summed E-state index contributed by atoms with van der Waals surface area (Å²) >= 11 is 0. The Kier molecular flexibility index (Phi) is 8.93. The molecule has 2 aromatic rings. The van der Waals surface area contributed by atoms with Crippen LogP contribution in [0.15, 0.2) is 66.2 Å². The molecule has 27 heavy (non-hydrogen) atoms. The van der Waals surface area contributed by atoms with Gasteiger partial charge >= 0.3 is 0 Å². The molecule has 0 fully saturated rings. The van der Waals surface area contributed by atoms with Gasteiger partial charge < -0.3 is 20.1 Å². The first-order valence-corrected chi connectivity index (χ1v) is 9.19. The molecule has 0 bridgehead atoms. The van der Waals surface area contributed by atoms with E-state index >= 15 is 0 Å². The zero-order valence-electron chi connectivity index (χ0n) is 16.2. The maximum atomic E-state index is 5.70. The summed E-state index contributed by atoms with van der Waals surface area (Å²) in [5.41, 5.74) is 3.45. The van der Waals surface area contributed by atoms with Crippen molar-refractivity contribution < 1.29 is 9.47 Å². The summed E-state index contributed by atoms with van der Waals surface area (Å²) < 4.78 is 11.3. The summed E-state index contributed by atoms with van der Waals surface area (Å²) in [6.07, 6.45) is 1.74. The standard InChI is InChI=1S/C22H29N3O2/c1-4-14-27-21-13-9-8-11-19(21)16-25-22(23-3)24-15-18-10-6-7-12-20(18)17-26-5-2/h4,6-13H,1,5,14-17H2,2-3H3,(H2,23,24,25). The van der Waals surface area contributed by atoms with Crippen molar-refractivity contribution in [2.75, 3.05) is 20.3 Å². The normalized spacial score (nSPS) is 11.1. The number of aliphatic imine (C=N–C) groups is 1. The van der Waals surface area contributed by atoms with Crippen molar-refractivity contribution in [2.45, 2.75) is 26.6 Å². The average molecular weight is 367 g/mol. The van der Waals surface area contributed by atoms with Gasteiger partial charge in [0.15, 0.2) is 5.96 Å². The SMILES string of the molecule is C=CCOc1ccccc1CNC(=NC)NCc1ccccc1COCC. The average Bonchev–Trinajstić information content (AvgIpc) is 2.72. The molecule has 0 saturated heterocycles. The van der Waals surface area contributed by atoms with Crippen molar-refractivity contribution in [3.8, 4) is 5.75 Å². The van der Waals surface area contributed by atoms with Crippen LogP contribution in [0, 0.1) is 0 Å². The van der Waals surface area contributed by atoms with Crippen molar-refractivity contribution in [2.24, 2.45) is 4.99 Å². The molecule has 0 atom stereocenters. The number of nitrogens with one attached hydrogen (secondary N) is 2. The van der Waals surface area contributed by atoms with Gasteiger partial charge in [-0.25, -0.2) is 0 Å². The van der Waals surface area contributed by atoms with E-state index in [-0.39, 0.29) is 0 Å². The lowest BCUT2D eigenvalue weighted by Crippen LogP contribution is -2.36. The van der Waals surface area contributed by atoms with E-state index in [4.69, 9.17) is 9.47 Å². The van der Waals surface area contributed by atoms with Crippen molar-refractivity contribution >= 4 is 5.96 Å². The second-order valence-electron chi connectivity index (χ2n) is 5.89. The highest BCUT2D eigenvalue weighted by Crippen LogP contribution is 2.17. The molecule has 0 aliphatic heterocycles. The second-order valence-corrected chi connectivity index (χ2v) is 5.89. The molecular weight excluding hydrogens is 338 g/mol. The van der Waals surface area contributed by atoms with E-state index in [2.05, 4.69) is 34.3 Å². The predicted molar refractivity (Wildman–Crippen MR) is 111 cm³/mol. The van der Waals surface area contributed by atoms with Crippen LogP contribution in [-0.4, -0.2) is 26.2 Å². The molecule has 0 aliphatic carbocycles. The van der Waals surface area contributed by atoms with Gasteiger partial charge in [-0.05, 0) is 24.1 Å². The van der Waals surface area contributed by atoms with Gasteiger partial charge in [-0.2, -0.15) is 0 Å². The van der Waals surface area contributed by atoms with Crippen LogP contribution in [0.1, 0.15) is 23.6 Å². The fourth-order valence-electron chi connectivity index (χ4n) is 2.60. The lowest BCUT2D eigenvalue weighted by Gasteiger charge is -2.15. The lowest BCUT2D eigenvalue weighted by atomic mass is 10.1. The topological polar surface area (TPSA) is 54.9 Å². The highest BCUT2D eigenvalue weighted by molar-refractivity contribution is 5.79. The van der Waals surface area contributed by atoms with Crippen molar-refractivity contribution in [3.63, 3.8) is 0 Å². The van der Waals surface area contributed by atoms with Crippen molar-refractivity contribution in [1.82, 2.24) is 10.6 Å². The molecule has 2 rings (SSSR count). The molecule has 0 saturated carbocycles. The fourth-order valence-corrected chi connectivity index (χ4v) is 2.60. The first-order chi connectivity index (χ1) is 13.3. The quantitative estimate of drug-likeness (QED) is 0.382. The number of nitrogens with zero attached hydrogens (tertiary/aromatic N) is 1. The summed E-state index contributed by atoms with van der Waals surface area (Å²) in [7, 11) is 1.77. The van der Waals surface area contributed by atoms with E-state index in [1.165, 1.54) is 11.1 Å². The second kappa shape index (κ2) is 11.8. The zero-order chi connectivity index (χ0) is 19.3. The highest BCUT2D eigenvalue weighted by atomic mass is 16.5. The molecule has 2 aromatic carbocycles. The van der Waals surface area contributed by atoms with E-state index in [1.807, 2.05) is 43.3 Å². The largest absolute Gasteiger partial charge is 0.489 e. The maximum absolute atomic E-state index is 5.70. The van der Waals surface area contributed by atoms with E-state index < -0.39 is 0 Å². The van der Waals surface area contributed by atoms with Crippen LogP contribution in [0.2, 0.25) is 0 Å². The molecule has 0 spiro atoms. The predicted octanol–water partition coefficient (Wildman–Crippen LogP) is 3.65. The summed E-state index contributed by atoms with van der Waals surface area (Å²) in [5.74, 6) is 1.59. The van der Waals surface area contributed by atoms with E-state index in [0.29, 0.717) is 32.9 Å². The molecule has 0 aromatic heterocycles. The number of benzene rings is 2.